The van der Waals surface area contributed by atoms with Gasteiger partial charge in [-0.3, -0.25) is 4.79 Å². The van der Waals surface area contributed by atoms with Crippen molar-refractivity contribution in [2.24, 2.45) is 11.7 Å². The lowest BCUT2D eigenvalue weighted by atomic mass is 9.92. The Balaban J connectivity index is 2.24. The van der Waals surface area contributed by atoms with Crippen LogP contribution in [0.15, 0.2) is 22.7 Å². The van der Waals surface area contributed by atoms with Gasteiger partial charge in [-0.05, 0) is 51.4 Å². The molecule has 1 aromatic rings. The number of carbonyl (C=O) groups is 1. The van der Waals surface area contributed by atoms with Gasteiger partial charge in [-0.1, -0.05) is 22.0 Å². The third kappa shape index (κ3) is 3.58. The number of benzene rings is 1. The number of carbonyl (C=O) groups excluding carboxylic acids is 1. The van der Waals surface area contributed by atoms with E-state index in [1.54, 1.807) is 0 Å². The summed E-state index contributed by atoms with van der Waals surface area (Å²) < 4.78 is 1.09. The largest absolute Gasteiger partial charge is 0.369 e. The van der Waals surface area contributed by atoms with Crippen LogP contribution in [0.5, 0.6) is 0 Å². The molecule has 0 spiro atoms. The zero-order valence-electron chi connectivity index (χ0n) is 12.9. The van der Waals surface area contributed by atoms with Crippen LogP contribution in [0.2, 0.25) is 0 Å². The normalized spacial score (nSPS) is 23.9. The standard InChI is InChI=1S/C16H24BrN3O/c1-10-4-5-12(16(18)21)9-20(10)13-6-7-14(11(2)19-3)15(17)8-13/h6-8,10-12,19H,4-5,9H2,1-3H3,(H2,18,21). The molecule has 1 heterocycles. The van der Waals surface area contributed by atoms with E-state index < -0.39 is 0 Å². The maximum Gasteiger partial charge on any atom is 0.222 e. The Bertz CT molecular complexity index is 520. The first kappa shape index (κ1) is 16.3. The minimum Gasteiger partial charge on any atom is -0.369 e. The number of hydrogen-bond donors (Lipinski definition) is 2. The highest BCUT2D eigenvalue weighted by atomic mass is 79.9. The van der Waals surface area contributed by atoms with E-state index in [0.717, 1.165) is 23.0 Å². The van der Waals surface area contributed by atoms with E-state index in [4.69, 9.17) is 5.73 Å². The number of rotatable bonds is 4. The topological polar surface area (TPSA) is 58.4 Å². The number of nitrogens with zero attached hydrogens (tertiary/aromatic N) is 1. The summed E-state index contributed by atoms with van der Waals surface area (Å²) in [5.74, 6) is -0.234. The lowest BCUT2D eigenvalue weighted by Crippen LogP contribution is -2.45. The van der Waals surface area contributed by atoms with Gasteiger partial charge >= 0.3 is 0 Å². The minimum absolute atomic E-state index is 0.0455. The number of anilines is 1. The maximum atomic E-state index is 11.5. The summed E-state index contributed by atoms with van der Waals surface area (Å²) in [6.07, 6.45) is 1.89. The van der Waals surface area contributed by atoms with Gasteiger partial charge in [-0.2, -0.15) is 0 Å². The van der Waals surface area contributed by atoms with Crippen molar-refractivity contribution < 1.29 is 4.79 Å². The molecule has 1 aliphatic rings. The molecule has 0 aromatic heterocycles. The minimum atomic E-state index is -0.189. The lowest BCUT2D eigenvalue weighted by molar-refractivity contribution is -0.122. The smallest absolute Gasteiger partial charge is 0.222 e. The zero-order valence-corrected chi connectivity index (χ0v) is 14.5. The van der Waals surface area contributed by atoms with Crippen molar-refractivity contribution in [1.29, 1.82) is 0 Å². The Morgan fingerprint density at radius 1 is 1.48 bits per heavy atom. The number of nitrogens with two attached hydrogens (primary N) is 1. The fourth-order valence-electron chi connectivity index (χ4n) is 2.90. The van der Waals surface area contributed by atoms with Crippen LogP contribution in [0.25, 0.3) is 0 Å². The second kappa shape index (κ2) is 6.79. The highest BCUT2D eigenvalue weighted by Gasteiger charge is 2.29. The van der Waals surface area contributed by atoms with E-state index in [2.05, 4.69) is 58.2 Å². The van der Waals surface area contributed by atoms with E-state index >= 15 is 0 Å². The van der Waals surface area contributed by atoms with Crippen LogP contribution in [0.1, 0.15) is 38.3 Å². The molecule has 3 atom stereocenters. The number of primary amides is 1. The number of hydrogen-bond acceptors (Lipinski definition) is 3. The molecule has 0 saturated carbocycles. The molecular weight excluding hydrogens is 330 g/mol. The first-order valence-electron chi connectivity index (χ1n) is 7.46. The van der Waals surface area contributed by atoms with Gasteiger partial charge < -0.3 is 16.0 Å². The van der Waals surface area contributed by atoms with Gasteiger partial charge in [-0.25, -0.2) is 0 Å². The zero-order chi connectivity index (χ0) is 15.6. The monoisotopic (exact) mass is 353 g/mol. The molecule has 0 radical (unpaired) electrons. The molecule has 4 nitrogen and oxygen atoms in total. The van der Waals surface area contributed by atoms with Crippen molar-refractivity contribution in [3.63, 3.8) is 0 Å². The van der Waals surface area contributed by atoms with Crippen LogP contribution >= 0.6 is 15.9 Å². The molecule has 1 fully saturated rings. The summed E-state index contributed by atoms with van der Waals surface area (Å²) in [6.45, 7) is 5.05. The summed E-state index contributed by atoms with van der Waals surface area (Å²) in [5, 5.41) is 3.25. The molecule has 3 N–H and O–H groups in total. The lowest BCUT2D eigenvalue weighted by Gasteiger charge is -2.39. The molecule has 1 amide bonds. The summed E-state index contributed by atoms with van der Waals surface area (Å²) in [4.78, 5) is 13.8. The van der Waals surface area contributed by atoms with Crippen LogP contribution in [-0.2, 0) is 4.79 Å². The molecule has 116 valence electrons. The highest BCUT2D eigenvalue weighted by molar-refractivity contribution is 9.10. The molecule has 0 aliphatic carbocycles. The number of halogens is 1. The Morgan fingerprint density at radius 3 is 2.76 bits per heavy atom. The van der Waals surface area contributed by atoms with Crippen LogP contribution in [0.3, 0.4) is 0 Å². The van der Waals surface area contributed by atoms with Gasteiger partial charge in [0.25, 0.3) is 0 Å². The number of piperidine rings is 1. The molecule has 2 rings (SSSR count). The first-order valence-corrected chi connectivity index (χ1v) is 8.26. The predicted octanol–water partition coefficient (Wildman–Crippen LogP) is 2.82. The van der Waals surface area contributed by atoms with E-state index in [0.29, 0.717) is 18.6 Å². The van der Waals surface area contributed by atoms with Crippen LogP contribution in [-0.4, -0.2) is 25.5 Å². The number of amides is 1. The Hall–Kier alpha value is -1.07. The average Bonchev–Trinajstić information content (AvgIpc) is 2.46. The summed E-state index contributed by atoms with van der Waals surface area (Å²) in [6, 6.07) is 7.14. The fourth-order valence-corrected chi connectivity index (χ4v) is 3.61. The molecule has 21 heavy (non-hydrogen) atoms. The molecule has 0 bridgehead atoms. The summed E-state index contributed by atoms with van der Waals surface area (Å²) >= 11 is 3.66. The van der Waals surface area contributed by atoms with Gasteiger partial charge in [0.2, 0.25) is 5.91 Å². The Morgan fingerprint density at radius 2 is 2.19 bits per heavy atom. The third-order valence-electron chi connectivity index (χ3n) is 4.50. The first-order chi connectivity index (χ1) is 9.93. The predicted molar refractivity (Wildman–Crippen MR) is 90.3 cm³/mol. The van der Waals surface area contributed by atoms with E-state index in [1.807, 2.05) is 7.05 Å². The molecule has 1 aliphatic heterocycles. The maximum absolute atomic E-state index is 11.5. The SMILES string of the molecule is CNC(C)c1ccc(N2CC(C(N)=O)CCC2C)cc1Br. The Labute approximate surface area is 135 Å². The van der Waals surface area contributed by atoms with Crippen molar-refractivity contribution in [1.82, 2.24) is 5.32 Å². The van der Waals surface area contributed by atoms with E-state index in [1.165, 1.54) is 5.56 Å². The average molecular weight is 354 g/mol. The van der Waals surface area contributed by atoms with Gasteiger partial charge in [0.1, 0.15) is 0 Å². The van der Waals surface area contributed by atoms with Gasteiger partial charge in [0.05, 0.1) is 5.92 Å². The van der Waals surface area contributed by atoms with Crippen molar-refractivity contribution in [3.05, 3.63) is 28.2 Å². The fraction of sp³-hybridized carbons (Fsp3) is 0.562. The molecule has 3 unspecified atom stereocenters. The quantitative estimate of drug-likeness (QED) is 0.874. The van der Waals surface area contributed by atoms with Crippen LogP contribution in [0.4, 0.5) is 5.69 Å². The van der Waals surface area contributed by atoms with Crippen LogP contribution < -0.4 is 16.0 Å². The second-order valence-corrected chi connectivity index (χ2v) is 6.75. The molecule has 1 saturated heterocycles. The highest BCUT2D eigenvalue weighted by Crippen LogP contribution is 2.32. The van der Waals surface area contributed by atoms with Gasteiger partial charge in [0, 0.05) is 28.8 Å². The Kier molecular flexibility index (Phi) is 5.27. The van der Waals surface area contributed by atoms with Crippen molar-refractivity contribution in [2.45, 2.75) is 38.8 Å². The van der Waals surface area contributed by atoms with E-state index in [-0.39, 0.29) is 11.8 Å². The van der Waals surface area contributed by atoms with Gasteiger partial charge in [-0.15, -0.1) is 0 Å². The van der Waals surface area contributed by atoms with Crippen molar-refractivity contribution in [3.8, 4) is 0 Å². The van der Waals surface area contributed by atoms with Crippen LogP contribution in [0, 0.1) is 5.92 Å². The van der Waals surface area contributed by atoms with Crippen molar-refractivity contribution >= 4 is 27.5 Å². The summed E-state index contributed by atoms with van der Waals surface area (Å²) in [7, 11) is 1.95. The second-order valence-electron chi connectivity index (χ2n) is 5.89. The van der Waals surface area contributed by atoms with Gasteiger partial charge in [0.15, 0.2) is 0 Å². The number of nitrogens with one attached hydrogen (secondary N) is 1. The third-order valence-corrected chi connectivity index (χ3v) is 5.19. The summed E-state index contributed by atoms with van der Waals surface area (Å²) in [5.41, 5.74) is 7.86. The molecular formula is C16H24BrN3O. The molecule has 1 aromatic carbocycles. The van der Waals surface area contributed by atoms with Crippen molar-refractivity contribution in [2.75, 3.05) is 18.5 Å². The molecule has 5 heteroatoms. The van der Waals surface area contributed by atoms with E-state index in [9.17, 15) is 4.79 Å².